The summed E-state index contributed by atoms with van der Waals surface area (Å²) in [6.07, 6.45) is 7.75. The molecule has 2 aliphatic rings. The normalized spacial score (nSPS) is 27.5. The van der Waals surface area contributed by atoms with Crippen LogP contribution in [0.15, 0.2) is 24.5 Å². The minimum atomic E-state index is -3.22. The first-order valence-electron chi connectivity index (χ1n) is 8.19. The summed E-state index contributed by atoms with van der Waals surface area (Å²) in [5.74, 6) is -0.00532. The molecule has 0 unspecified atom stereocenters. The molecule has 2 atom stereocenters. The van der Waals surface area contributed by atoms with Gasteiger partial charge in [0.15, 0.2) is 0 Å². The van der Waals surface area contributed by atoms with Crippen LogP contribution in [0.4, 0.5) is 0 Å². The van der Waals surface area contributed by atoms with Crippen LogP contribution in [-0.2, 0) is 14.8 Å². The Bertz CT molecular complexity index is 695. The summed E-state index contributed by atoms with van der Waals surface area (Å²) in [7, 11) is -3.22. The molecule has 2 fully saturated rings. The topological polar surface area (TPSA) is 88.6 Å². The van der Waals surface area contributed by atoms with Crippen molar-refractivity contribution < 1.29 is 17.9 Å². The SMILES string of the molecule is CS(=O)(=O)NC[C@@H]1CCC[C@]2(CCN(C(=O)c3ccncc3)C2)O1. The number of carbonyl (C=O) groups is 1. The maximum Gasteiger partial charge on any atom is 0.254 e. The Hall–Kier alpha value is -1.51. The number of amides is 1. The predicted octanol–water partition coefficient (Wildman–Crippen LogP) is 0.785. The zero-order chi connectivity index (χ0) is 17.2. The summed E-state index contributed by atoms with van der Waals surface area (Å²) >= 11 is 0. The Kier molecular flexibility index (Phi) is 4.89. The first-order valence-corrected chi connectivity index (χ1v) is 10.1. The van der Waals surface area contributed by atoms with Gasteiger partial charge in [0.2, 0.25) is 10.0 Å². The van der Waals surface area contributed by atoms with E-state index in [2.05, 4.69) is 9.71 Å². The monoisotopic (exact) mass is 353 g/mol. The van der Waals surface area contributed by atoms with Gasteiger partial charge in [0.1, 0.15) is 0 Å². The smallest absolute Gasteiger partial charge is 0.254 e. The lowest BCUT2D eigenvalue weighted by atomic mass is 9.90. The van der Waals surface area contributed by atoms with Crippen molar-refractivity contribution in [3.8, 4) is 0 Å². The highest BCUT2D eigenvalue weighted by molar-refractivity contribution is 7.88. The van der Waals surface area contributed by atoms with Crippen LogP contribution in [0.5, 0.6) is 0 Å². The molecule has 0 aliphatic carbocycles. The number of sulfonamides is 1. The molecule has 1 aromatic rings. The van der Waals surface area contributed by atoms with Gasteiger partial charge in [-0.3, -0.25) is 9.78 Å². The van der Waals surface area contributed by atoms with E-state index in [0.29, 0.717) is 25.2 Å². The van der Waals surface area contributed by atoms with Crippen molar-refractivity contribution >= 4 is 15.9 Å². The highest BCUT2D eigenvalue weighted by atomic mass is 32.2. The van der Waals surface area contributed by atoms with Crippen LogP contribution in [0, 0.1) is 0 Å². The van der Waals surface area contributed by atoms with Crippen LogP contribution in [0.1, 0.15) is 36.0 Å². The average Bonchev–Trinajstić information content (AvgIpc) is 2.96. The third-order valence-corrected chi connectivity index (χ3v) is 5.37. The van der Waals surface area contributed by atoms with Crippen molar-refractivity contribution in [3.63, 3.8) is 0 Å². The molecule has 1 N–H and O–H groups in total. The van der Waals surface area contributed by atoms with Crippen molar-refractivity contribution in [2.24, 2.45) is 0 Å². The minimum absolute atomic E-state index is 0.00532. The Morgan fingerprint density at radius 1 is 1.42 bits per heavy atom. The van der Waals surface area contributed by atoms with Crippen LogP contribution >= 0.6 is 0 Å². The zero-order valence-electron chi connectivity index (χ0n) is 13.8. The number of likely N-dealkylation sites (tertiary alicyclic amines) is 1. The largest absolute Gasteiger partial charge is 0.368 e. The van der Waals surface area contributed by atoms with E-state index in [-0.39, 0.29) is 17.6 Å². The van der Waals surface area contributed by atoms with Crippen LogP contribution < -0.4 is 4.72 Å². The van der Waals surface area contributed by atoms with E-state index in [1.165, 1.54) is 0 Å². The van der Waals surface area contributed by atoms with E-state index in [4.69, 9.17) is 4.74 Å². The molecule has 0 bridgehead atoms. The third kappa shape index (κ3) is 4.12. The summed E-state index contributed by atoms with van der Waals surface area (Å²) in [6.45, 7) is 1.51. The van der Waals surface area contributed by atoms with Gasteiger partial charge in [0.25, 0.3) is 5.91 Å². The zero-order valence-corrected chi connectivity index (χ0v) is 14.6. The summed E-state index contributed by atoms with van der Waals surface area (Å²) in [5, 5.41) is 0. The standard InChI is InChI=1S/C16H23N3O4S/c1-24(21,22)18-11-14-3-2-6-16(23-14)7-10-19(12-16)15(20)13-4-8-17-9-5-13/h4-5,8-9,14,18H,2-3,6-7,10-12H2,1H3/t14-,16+/m0/s1. The van der Waals surface area contributed by atoms with Crippen LogP contribution in [0.25, 0.3) is 0 Å². The van der Waals surface area contributed by atoms with E-state index < -0.39 is 10.0 Å². The minimum Gasteiger partial charge on any atom is -0.368 e. The molecule has 2 aliphatic heterocycles. The van der Waals surface area contributed by atoms with E-state index in [9.17, 15) is 13.2 Å². The van der Waals surface area contributed by atoms with E-state index in [1.807, 2.05) is 4.90 Å². The number of hydrogen-bond donors (Lipinski definition) is 1. The summed E-state index contributed by atoms with van der Waals surface area (Å²) in [4.78, 5) is 18.3. The fourth-order valence-electron chi connectivity index (χ4n) is 3.51. The third-order valence-electron chi connectivity index (χ3n) is 4.68. The maximum atomic E-state index is 12.6. The molecule has 3 heterocycles. The molecular formula is C16H23N3O4S. The van der Waals surface area contributed by atoms with Crippen molar-refractivity contribution in [1.82, 2.24) is 14.6 Å². The van der Waals surface area contributed by atoms with Gasteiger partial charge in [-0.2, -0.15) is 0 Å². The molecule has 1 aromatic heterocycles. The lowest BCUT2D eigenvalue weighted by Gasteiger charge is -2.38. The van der Waals surface area contributed by atoms with Gasteiger partial charge in [-0.05, 0) is 37.8 Å². The van der Waals surface area contributed by atoms with Gasteiger partial charge < -0.3 is 9.64 Å². The first-order chi connectivity index (χ1) is 11.4. The van der Waals surface area contributed by atoms with Crippen molar-refractivity contribution in [2.45, 2.75) is 37.4 Å². The number of nitrogens with zero attached hydrogens (tertiary/aromatic N) is 2. The Labute approximate surface area is 142 Å². The second kappa shape index (κ2) is 6.78. The fourth-order valence-corrected chi connectivity index (χ4v) is 4.00. The second-order valence-electron chi connectivity index (χ2n) is 6.65. The molecule has 0 radical (unpaired) electrons. The molecule has 0 aromatic carbocycles. The molecule has 24 heavy (non-hydrogen) atoms. The molecule has 2 saturated heterocycles. The van der Waals surface area contributed by atoms with Crippen molar-refractivity contribution in [3.05, 3.63) is 30.1 Å². The van der Waals surface area contributed by atoms with Crippen LogP contribution in [-0.4, -0.2) is 61.8 Å². The summed E-state index contributed by atoms with van der Waals surface area (Å²) in [5.41, 5.74) is 0.290. The van der Waals surface area contributed by atoms with Crippen LogP contribution in [0.3, 0.4) is 0 Å². The number of rotatable bonds is 4. The highest BCUT2D eigenvalue weighted by Gasteiger charge is 2.44. The van der Waals surface area contributed by atoms with Gasteiger partial charge in [0.05, 0.1) is 24.5 Å². The Morgan fingerprint density at radius 2 is 2.17 bits per heavy atom. The van der Waals surface area contributed by atoms with E-state index in [1.54, 1.807) is 24.5 Å². The van der Waals surface area contributed by atoms with Gasteiger partial charge >= 0.3 is 0 Å². The average molecular weight is 353 g/mol. The molecule has 0 saturated carbocycles. The molecular weight excluding hydrogens is 330 g/mol. The Morgan fingerprint density at radius 3 is 2.88 bits per heavy atom. The van der Waals surface area contributed by atoms with Gasteiger partial charge in [-0.25, -0.2) is 13.1 Å². The number of ether oxygens (including phenoxy) is 1. The van der Waals surface area contributed by atoms with E-state index in [0.717, 1.165) is 31.9 Å². The lowest BCUT2D eigenvalue weighted by molar-refractivity contribution is -0.116. The van der Waals surface area contributed by atoms with E-state index >= 15 is 0 Å². The first kappa shape index (κ1) is 17.3. The number of aromatic nitrogens is 1. The van der Waals surface area contributed by atoms with Crippen molar-refractivity contribution in [1.29, 1.82) is 0 Å². The number of carbonyl (C=O) groups excluding carboxylic acids is 1. The Balaban J connectivity index is 1.62. The van der Waals surface area contributed by atoms with Gasteiger partial charge in [0, 0.05) is 31.0 Å². The number of nitrogens with one attached hydrogen (secondary N) is 1. The molecule has 8 heteroatoms. The molecule has 7 nitrogen and oxygen atoms in total. The lowest BCUT2D eigenvalue weighted by Crippen LogP contribution is -2.47. The maximum absolute atomic E-state index is 12.6. The number of hydrogen-bond acceptors (Lipinski definition) is 5. The fraction of sp³-hybridized carbons (Fsp3) is 0.625. The molecule has 1 amide bonds. The summed E-state index contributed by atoms with van der Waals surface area (Å²) < 4.78 is 31.3. The van der Waals surface area contributed by atoms with Gasteiger partial charge in [-0.15, -0.1) is 0 Å². The number of pyridine rings is 1. The predicted molar refractivity (Wildman–Crippen MR) is 89.1 cm³/mol. The highest BCUT2D eigenvalue weighted by Crippen LogP contribution is 2.37. The molecule has 132 valence electrons. The molecule has 3 rings (SSSR count). The van der Waals surface area contributed by atoms with Crippen molar-refractivity contribution in [2.75, 3.05) is 25.9 Å². The quantitative estimate of drug-likeness (QED) is 0.864. The summed E-state index contributed by atoms with van der Waals surface area (Å²) in [6, 6.07) is 3.43. The second-order valence-corrected chi connectivity index (χ2v) is 8.48. The van der Waals surface area contributed by atoms with Gasteiger partial charge in [-0.1, -0.05) is 0 Å². The molecule has 1 spiro atoms. The van der Waals surface area contributed by atoms with Crippen LogP contribution in [0.2, 0.25) is 0 Å².